The highest BCUT2D eigenvalue weighted by Gasteiger charge is 2.31. The predicted octanol–water partition coefficient (Wildman–Crippen LogP) is 1.76. The highest BCUT2D eigenvalue weighted by Crippen LogP contribution is 2.20. The van der Waals surface area contributed by atoms with Gasteiger partial charge >= 0.3 is 0 Å². The van der Waals surface area contributed by atoms with Crippen LogP contribution in [0.4, 0.5) is 4.39 Å². The maximum Gasteiger partial charge on any atom is 0.240 e. The fraction of sp³-hybridized carbons (Fsp3) is 0.500. The molecule has 1 rings (SSSR count). The van der Waals surface area contributed by atoms with Crippen molar-refractivity contribution in [3.63, 3.8) is 0 Å². The van der Waals surface area contributed by atoms with Crippen LogP contribution in [0.15, 0.2) is 18.2 Å². The van der Waals surface area contributed by atoms with Gasteiger partial charge in [-0.2, -0.15) is 0 Å². The third-order valence-corrected chi connectivity index (χ3v) is 2.98. The molecule has 0 aromatic heterocycles. The highest BCUT2D eigenvalue weighted by atomic mass is 19.1. The molecule has 3 N–H and O–H groups in total. The molecule has 1 aromatic carbocycles. The molecule has 1 atom stereocenters. The van der Waals surface area contributed by atoms with Gasteiger partial charge in [-0.05, 0) is 38.4 Å². The van der Waals surface area contributed by atoms with Crippen molar-refractivity contribution in [2.75, 3.05) is 13.2 Å². The van der Waals surface area contributed by atoms with Gasteiger partial charge in [-0.1, -0.05) is 19.1 Å². The number of nitrogens with two attached hydrogens (primary N) is 1. The summed E-state index contributed by atoms with van der Waals surface area (Å²) in [6.45, 7) is 5.92. The van der Waals surface area contributed by atoms with Gasteiger partial charge in [-0.25, -0.2) is 4.39 Å². The zero-order valence-electron chi connectivity index (χ0n) is 11.6. The Hall–Kier alpha value is -1.62. The minimum Gasteiger partial charge on any atom is -0.488 e. The number of ether oxygens (including phenoxy) is 1. The molecule has 5 heteroatoms. The molecular formula is C14H21FN2O2. The second-order valence-electron chi connectivity index (χ2n) is 4.80. The zero-order chi connectivity index (χ0) is 14.5. The van der Waals surface area contributed by atoms with E-state index in [0.29, 0.717) is 12.1 Å². The molecule has 0 aliphatic rings. The monoisotopic (exact) mass is 268 g/mol. The van der Waals surface area contributed by atoms with Crippen molar-refractivity contribution in [3.8, 4) is 5.75 Å². The van der Waals surface area contributed by atoms with E-state index >= 15 is 0 Å². The molecule has 0 bridgehead atoms. The average Bonchev–Trinajstić information content (AvgIpc) is 2.38. The van der Waals surface area contributed by atoms with Crippen LogP contribution in [0.25, 0.3) is 0 Å². The van der Waals surface area contributed by atoms with Crippen molar-refractivity contribution in [2.24, 2.45) is 5.73 Å². The Morgan fingerprint density at radius 2 is 2.21 bits per heavy atom. The fourth-order valence-corrected chi connectivity index (χ4v) is 1.56. The lowest BCUT2D eigenvalue weighted by molar-refractivity contribution is -0.125. The Balaban J connectivity index is 2.76. The van der Waals surface area contributed by atoms with E-state index in [1.54, 1.807) is 26.0 Å². The lowest BCUT2D eigenvalue weighted by Crippen LogP contribution is -2.57. The molecule has 0 heterocycles. The van der Waals surface area contributed by atoms with Crippen molar-refractivity contribution < 1.29 is 13.9 Å². The Labute approximate surface area is 113 Å². The van der Waals surface area contributed by atoms with E-state index in [4.69, 9.17) is 10.5 Å². The Bertz CT molecular complexity index is 451. The molecule has 1 amide bonds. The standard InChI is InChI=1S/C14H21FN2O2/c1-4-8-17-14(3,13(16)18)9-19-11-7-5-6-10(2)12(11)15/h5-7,17H,4,8-9H2,1-3H3,(H2,16,18). The number of hydrogen-bond acceptors (Lipinski definition) is 3. The van der Waals surface area contributed by atoms with E-state index in [9.17, 15) is 9.18 Å². The SMILES string of the molecule is CCCNC(C)(COc1cccc(C)c1F)C(N)=O. The van der Waals surface area contributed by atoms with E-state index in [1.807, 2.05) is 6.92 Å². The van der Waals surface area contributed by atoms with E-state index in [2.05, 4.69) is 5.32 Å². The number of carbonyl (C=O) groups is 1. The van der Waals surface area contributed by atoms with Gasteiger partial charge in [-0.15, -0.1) is 0 Å². The second kappa shape index (κ2) is 6.52. The van der Waals surface area contributed by atoms with Crippen LogP contribution in [0.3, 0.4) is 0 Å². The van der Waals surface area contributed by atoms with Crippen LogP contribution in [0.5, 0.6) is 5.75 Å². The summed E-state index contributed by atoms with van der Waals surface area (Å²) in [5.41, 5.74) is 4.86. The Morgan fingerprint density at radius 1 is 1.53 bits per heavy atom. The van der Waals surface area contributed by atoms with Gasteiger partial charge in [0, 0.05) is 0 Å². The zero-order valence-corrected chi connectivity index (χ0v) is 11.6. The summed E-state index contributed by atoms with van der Waals surface area (Å²) >= 11 is 0. The smallest absolute Gasteiger partial charge is 0.240 e. The fourth-order valence-electron chi connectivity index (χ4n) is 1.56. The maximum absolute atomic E-state index is 13.8. The van der Waals surface area contributed by atoms with Crippen molar-refractivity contribution in [3.05, 3.63) is 29.6 Å². The number of benzene rings is 1. The maximum atomic E-state index is 13.8. The highest BCUT2D eigenvalue weighted by molar-refractivity contribution is 5.84. The van der Waals surface area contributed by atoms with Crippen LogP contribution in [0.1, 0.15) is 25.8 Å². The molecule has 106 valence electrons. The first kappa shape index (κ1) is 15.4. The number of hydrogen-bond donors (Lipinski definition) is 2. The first-order valence-corrected chi connectivity index (χ1v) is 6.33. The van der Waals surface area contributed by atoms with E-state index in [0.717, 1.165) is 6.42 Å². The number of nitrogens with one attached hydrogen (secondary N) is 1. The number of carbonyl (C=O) groups excluding carboxylic acids is 1. The van der Waals surface area contributed by atoms with Crippen LogP contribution < -0.4 is 15.8 Å². The third kappa shape index (κ3) is 3.92. The van der Waals surface area contributed by atoms with E-state index in [1.165, 1.54) is 6.07 Å². The molecule has 1 aromatic rings. The molecule has 4 nitrogen and oxygen atoms in total. The van der Waals surface area contributed by atoms with Crippen LogP contribution in [-0.4, -0.2) is 24.6 Å². The molecule has 0 saturated carbocycles. The number of rotatable bonds is 7. The molecule has 19 heavy (non-hydrogen) atoms. The summed E-state index contributed by atoms with van der Waals surface area (Å²) in [5.74, 6) is -0.801. The minimum atomic E-state index is -1.01. The molecule has 0 aliphatic heterocycles. The summed E-state index contributed by atoms with van der Waals surface area (Å²) in [6.07, 6.45) is 0.863. The molecule has 0 spiro atoms. The third-order valence-electron chi connectivity index (χ3n) is 2.98. The molecular weight excluding hydrogens is 247 g/mol. The first-order valence-electron chi connectivity index (χ1n) is 6.33. The van der Waals surface area contributed by atoms with Crippen molar-refractivity contribution in [2.45, 2.75) is 32.7 Å². The summed E-state index contributed by atoms with van der Waals surface area (Å²) in [6, 6.07) is 4.89. The number of amides is 1. The van der Waals surface area contributed by atoms with Gasteiger partial charge < -0.3 is 15.8 Å². The molecule has 0 aliphatic carbocycles. The summed E-state index contributed by atoms with van der Waals surface area (Å²) in [5, 5.41) is 3.03. The summed E-state index contributed by atoms with van der Waals surface area (Å²) in [4.78, 5) is 11.5. The number of aryl methyl sites for hydroxylation is 1. The molecule has 0 fully saturated rings. The van der Waals surface area contributed by atoms with Gasteiger partial charge in [-0.3, -0.25) is 4.79 Å². The number of primary amides is 1. The van der Waals surface area contributed by atoms with Crippen LogP contribution in [0, 0.1) is 12.7 Å². The number of halogens is 1. The summed E-state index contributed by atoms with van der Waals surface area (Å²) < 4.78 is 19.2. The topological polar surface area (TPSA) is 64.3 Å². The Morgan fingerprint density at radius 3 is 2.79 bits per heavy atom. The largest absolute Gasteiger partial charge is 0.488 e. The van der Waals surface area contributed by atoms with Gasteiger partial charge in [0.15, 0.2) is 11.6 Å². The van der Waals surface area contributed by atoms with Gasteiger partial charge in [0.05, 0.1) is 0 Å². The first-order chi connectivity index (χ1) is 8.90. The van der Waals surface area contributed by atoms with Crippen LogP contribution >= 0.6 is 0 Å². The normalized spacial score (nSPS) is 13.9. The van der Waals surface area contributed by atoms with Crippen LogP contribution in [-0.2, 0) is 4.79 Å². The Kier molecular flexibility index (Phi) is 5.30. The van der Waals surface area contributed by atoms with Crippen LogP contribution in [0.2, 0.25) is 0 Å². The van der Waals surface area contributed by atoms with Gasteiger partial charge in [0.1, 0.15) is 12.1 Å². The lowest BCUT2D eigenvalue weighted by Gasteiger charge is -2.27. The lowest BCUT2D eigenvalue weighted by atomic mass is 10.0. The van der Waals surface area contributed by atoms with Crippen molar-refractivity contribution in [1.82, 2.24) is 5.32 Å². The molecule has 1 unspecified atom stereocenters. The minimum absolute atomic E-state index is 0.0112. The average molecular weight is 268 g/mol. The quantitative estimate of drug-likeness (QED) is 0.792. The summed E-state index contributed by atoms with van der Waals surface area (Å²) in [7, 11) is 0. The molecule has 0 radical (unpaired) electrons. The van der Waals surface area contributed by atoms with E-state index < -0.39 is 17.3 Å². The van der Waals surface area contributed by atoms with Gasteiger partial charge in [0.25, 0.3) is 0 Å². The molecule has 0 saturated heterocycles. The second-order valence-corrected chi connectivity index (χ2v) is 4.80. The van der Waals surface area contributed by atoms with Crippen molar-refractivity contribution in [1.29, 1.82) is 0 Å². The van der Waals surface area contributed by atoms with E-state index in [-0.39, 0.29) is 12.4 Å². The van der Waals surface area contributed by atoms with Crippen molar-refractivity contribution >= 4 is 5.91 Å². The predicted molar refractivity (Wildman–Crippen MR) is 72.5 cm³/mol. The van der Waals surface area contributed by atoms with Gasteiger partial charge in [0.2, 0.25) is 5.91 Å².